The minimum absolute atomic E-state index is 0.0158. The van der Waals surface area contributed by atoms with Crippen LogP contribution in [-0.2, 0) is 9.53 Å². The van der Waals surface area contributed by atoms with E-state index in [1.165, 1.54) is 12.5 Å². The second-order valence-corrected chi connectivity index (χ2v) is 15.4. The van der Waals surface area contributed by atoms with Gasteiger partial charge in [0.25, 0.3) is 0 Å². The van der Waals surface area contributed by atoms with Crippen LogP contribution >= 0.6 is 0 Å². The molecule has 3 N–H and O–H groups in total. The van der Waals surface area contributed by atoms with Gasteiger partial charge in [0.1, 0.15) is 6.10 Å². The summed E-state index contributed by atoms with van der Waals surface area (Å²) in [4.78, 5) is 12.5. The van der Waals surface area contributed by atoms with E-state index in [9.17, 15) is 20.1 Å². The molecule has 0 aromatic carbocycles. The van der Waals surface area contributed by atoms with Crippen molar-refractivity contribution in [3.63, 3.8) is 0 Å². The van der Waals surface area contributed by atoms with Crippen LogP contribution in [0, 0.1) is 56.7 Å². The number of rotatable bonds is 3. The number of allylic oxidation sites excluding steroid dienone is 1. The number of aliphatic hydroxyl groups excluding tert-OH is 3. The number of hydrogen-bond acceptors (Lipinski definition) is 5. The maximum Gasteiger partial charge on any atom is 0.302 e. The highest BCUT2D eigenvalue weighted by atomic mass is 16.5. The Balaban J connectivity index is 1.66. The van der Waals surface area contributed by atoms with E-state index in [2.05, 4.69) is 54.5 Å². The fraction of sp³-hybridized carbons (Fsp3) is 0.906. The summed E-state index contributed by atoms with van der Waals surface area (Å²) >= 11 is 0. The lowest BCUT2D eigenvalue weighted by atomic mass is 9.35. The van der Waals surface area contributed by atoms with Gasteiger partial charge in [-0.2, -0.15) is 0 Å². The number of aliphatic hydroxyl groups is 3. The Bertz CT molecular complexity index is 970. The summed E-state index contributed by atoms with van der Waals surface area (Å²) in [6, 6.07) is 0. The minimum Gasteiger partial charge on any atom is -0.462 e. The van der Waals surface area contributed by atoms with E-state index in [0.29, 0.717) is 11.8 Å². The molecule has 0 aromatic rings. The number of carbonyl (C=O) groups excluding carboxylic acids is 1. The Kier molecular flexibility index (Phi) is 6.38. The first-order chi connectivity index (χ1) is 17.1. The number of esters is 1. The molecule has 5 aliphatic rings. The fourth-order valence-corrected chi connectivity index (χ4v) is 11.5. The second kappa shape index (κ2) is 8.54. The molecule has 0 aromatic heterocycles. The average Bonchev–Trinajstić information content (AvgIpc) is 3.12. The molecule has 3 unspecified atom stereocenters. The van der Waals surface area contributed by atoms with E-state index in [-0.39, 0.29) is 69.6 Å². The number of carbonyl (C=O) groups is 1. The molecule has 210 valence electrons. The molecule has 0 heterocycles. The zero-order valence-corrected chi connectivity index (χ0v) is 24.5. The van der Waals surface area contributed by atoms with Crippen molar-refractivity contribution in [3.8, 4) is 0 Å². The fourth-order valence-electron chi connectivity index (χ4n) is 11.5. The van der Waals surface area contributed by atoms with E-state index in [1.807, 2.05) is 0 Å². The van der Waals surface area contributed by atoms with Crippen LogP contribution < -0.4 is 0 Å². The van der Waals surface area contributed by atoms with E-state index in [1.54, 1.807) is 0 Å². The summed E-state index contributed by atoms with van der Waals surface area (Å²) < 4.78 is 6.22. The lowest BCUT2D eigenvalue weighted by Crippen LogP contribution is -2.67. The second-order valence-electron chi connectivity index (χ2n) is 15.4. The largest absolute Gasteiger partial charge is 0.462 e. The third-order valence-corrected chi connectivity index (χ3v) is 13.5. The van der Waals surface area contributed by atoms with Crippen molar-refractivity contribution < 1.29 is 24.9 Å². The van der Waals surface area contributed by atoms with Crippen LogP contribution in [0.4, 0.5) is 0 Å². The third-order valence-electron chi connectivity index (χ3n) is 13.5. The smallest absolute Gasteiger partial charge is 0.302 e. The highest BCUT2D eigenvalue weighted by molar-refractivity contribution is 5.66. The van der Waals surface area contributed by atoms with E-state index < -0.39 is 6.10 Å². The van der Waals surface area contributed by atoms with Gasteiger partial charge in [0, 0.05) is 24.9 Å². The molecule has 5 rings (SSSR count). The molecule has 37 heavy (non-hydrogen) atoms. The SMILES string of the molecule is CC(=O)O[C@H]1CC2C(C)(C)[C@@H](O)CC[C@]2(C)C2=CC[C@]3(C)C4[C@H](O)C[C@@H](C(C)C)[C@]4(CO)CC[C@@]3(C)C21. The number of hydrogen-bond donors (Lipinski definition) is 3. The van der Waals surface area contributed by atoms with E-state index >= 15 is 0 Å². The molecule has 11 atom stereocenters. The molecule has 5 heteroatoms. The average molecular weight is 517 g/mol. The standard InChI is InChI=1S/C32H52O5/c1-18(2)21-15-22(35)27-31(8)12-9-20-26(30(31,7)13-14-32(21,27)17-33)23(37-19(3)34)16-24-28(4,5)25(36)10-11-29(20,24)6/h9,18,21-27,33,35-36H,10-17H2,1-8H3/t21-,22+,23-,24?,25-,26?,27?,29+,30-,31+,32+/m0/s1. The van der Waals surface area contributed by atoms with Crippen LogP contribution in [0.15, 0.2) is 11.6 Å². The van der Waals surface area contributed by atoms with Gasteiger partial charge < -0.3 is 20.1 Å². The monoisotopic (exact) mass is 516 g/mol. The summed E-state index contributed by atoms with van der Waals surface area (Å²) in [5.74, 6) is 0.813. The van der Waals surface area contributed by atoms with Gasteiger partial charge in [-0.1, -0.05) is 60.1 Å². The predicted molar refractivity (Wildman–Crippen MR) is 144 cm³/mol. The molecule has 0 spiro atoms. The van der Waals surface area contributed by atoms with Gasteiger partial charge in [-0.3, -0.25) is 4.79 Å². The molecule has 5 aliphatic carbocycles. The van der Waals surface area contributed by atoms with Crippen LogP contribution in [0.2, 0.25) is 0 Å². The Morgan fingerprint density at radius 2 is 1.73 bits per heavy atom. The van der Waals surface area contributed by atoms with Crippen molar-refractivity contribution in [2.45, 2.75) is 119 Å². The maximum absolute atomic E-state index is 12.5. The zero-order chi connectivity index (χ0) is 27.3. The molecule has 0 saturated heterocycles. The Morgan fingerprint density at radius 3 is 2.32 bits per heavy atom. The molecular formula is C32H52O5. The molecule has 4 fully saturated rings. The van der Waals surface area contributed by atoms with Crippen LogP contribution in [-0.4, -0.2) is 46.2 Å². The van der Waals surface area contributed by atoms with Crippen LogP contribution in [0.3, 0.4) is 0 Å². The van der Waals surface area contributed by atoms with E-state index in [0.717, 1.165) is 44.9 Å². The van der Waals surface area contributed by atoms with Crippen molar-refractivity contribution in [1.82, 2.24) is 0 Å². The molecule has 4 saturated carbocycles. The van der Waals surface area contributed by atoms with Crippen LogP contribution in [0.1, 0.15) is 100 Å². The van der Waals surface area contributed by atoms with Crippen LogP contribution in [0.5, 0.6) is 0 Å². The van der Waals surface area contributed by atoms with Gasteiger partial charge >= 0.3 is 5.97 Å². The van der Waals surface area contributed by atoms with E-state index in [4.69, 9.17) is 4.74 Å². The van der Waals surface area contributed by atoms with Crippen LogP contribution in [0.25, 0.3) is 0 Å². The Morgan fingerprint density at radius 1 is 1.05 bits per heavy atom. The summed E-state index contributed by atoms with van der Waals surface area (Å²) in [6.07, 6.45) is 7.45. The third kappa shape index (κ3) is 3.41. The summed E-state index contributed by atoms with van der Waals surface area (Å²) in [7, 11) is 0. The van der Waals surface area contributed by atoms with Crippen molar-refractivity contribution in [2.24, 2.45) is 56.7 Å². The minimum atomic E-state index is -0.429. The quantitative estimate of drug-likeness (QED) is 0.340. The topological polar surface area (TPSA) is 87.0 Å². The highest BCUT2D eigenvalue weighted by Gasteiger charge is 2.73. The maximum atomic E-state index is 12.5. The summed E-state index contributed by atoms with van der Waals surface area (Å²) in [5.41, 5.74) is 0.484. The van der Waals surface area contributed by atoms with Crippen molar-refractivity contribution in [2.75, 3.05) is 6.61 Å². The van der Waals surface area contributed by atoms with Crippen molar-refractivity contribution >= 4 is 5.97 Å². The highest BCUT2D eigenvalue weighted by Crippen LogP contribution is 2.76. The lowest BCUT2D eigenvalue weighted by molar-refractivity contribution is -0.218. The Hall–Kier alpha value is -0.910. The van der Waals surface area contributed by atoms with Gasteiger partial charge in [0.15, 0.2) is 0 Å². The lowest BCUT2D eigenvalue weighted by Gasteiger charge is -2.70. The van der Waals surface area contributed by atoms with Gasteiger partial charge in [-0.05, 0) is 90.3 Å². The number of ether oxygens (including phenoxy) is 1. The van der Waals surface area contributed by atoms with Crippen molar-refractivity contribution in [1.29, 1.82) is 0 Å². The molecule has 0 aliphatic heterocycles. The van der Waals surface area contributed by atoms with Gasteiger partial charge in [0.2, 0.25) is 0 Å². The van der Waals surface area contributed by atoms with Gasteiger partial charge in [0.05, 0.1) is 12.2 Å². The molecular weight excluding hydrogens is 464 g/mol. The van der Waals surface area contributed by atoms with Gasteiger partial charge in [-0.15, -0.1) is 0 Å². The molecule has 0 amide bonds. The molecule has 0 bridgehead atoms. The number of fused-ring (bicyclic) bond motifs is 7. The first kappa shape index (κ1) is 27.6. The first-order valence-electron chi connectivity index (χ1n) is 14.9. The summed E-state index contributed by atoms with van der Waals surface area (Å²) in [5, 5.41) is 33.6. The van der Waals surface area contributed by atoms with Crippen molar-refractivity contribution in [3.05, 3.63) is 11.6 Å². The molecule has 0 radical (unpaired) electrons. The molecule has 5 nitrogen and oxygen atoms in total. The first-order valence-corrected chi connectivity index (χ1v) is 14.9. The Labute approximate surface area is 224 Å². The zero-order valence-electron chi connectivity index (χ0n) is 24.5. The summed E-state index contributed by atoms with van der Waals surface area (Å²) in [6.45, 7) is 17.7. The normalized spacial score (nSPS) is 52.4. The van der Waals surface area contributed by atoms with Gasteiger partial charge in [-0.25, -0.2) is 0 Å². The predicted octanol–water partition coefficient (Wildman–Crippen LogP) is 5.51.